The molecule has 0 saturated heterocycles. The third-order valence-electron chi connectivity index (χ3n) is 5.78. The lowest BCUT2D eigenvalue weighted by molar-refractivity contribution is 0.00389. The fraction of sp³-hybridized carbons (Fsp3) is 0.367. The van der Waals surface area contributed by atoms with Gasteiger partial charge in [-0.05, 0) is 106 Å². The van der Waals surface area contributed by atoms with Crippen LogP contribution in [0.4, 0.5) is 28.4 Å². The molecule has 3 amide bonds. The molecule has 0 aliphatic carbocycles. The molecule has 0 aliphatic rings. The van der Waals surface area contributed by atoms with Gasteiger partial charge < -0.3 is 14.8 Å². The normalized spacial score (nSPS) is 12.7. The molecule has 0 bridgehead atoms. The number of carbonyl (C=O) groups is 3. The van der Waals surface area contributed by atoms with Gasteiger partial charge >= 0.3 is 12.2 Å². The summed E-state index contributed by atoms with van der Waals surface area (Å²) < 4.78 is 76.1. The Bertz CT molecular complexity index is 1790. The average Bonchev–Trinajstić information content (AvgIpc) is 3.27. The Hall–Kier alpha value is -4.07. The number of fused-ring (bicyclic) bond motifs is 1. The number of primary sulfonamides is 1. The predicted octanol–water partition coefficient (Wildman–Crippen LogP) is 6.56. The number of anilines is 1. The van der Waals surface area contributed by atoms with E-state index in [-0.39, 0.29) is 43.0 Å². The van der Waals surface area contributed by atoms with Crippen molar-refractivity contribution in [3.05, 3.63) is 58.2 Å². The third kappa shape index (κ3) is 9.02. The molecule has 16 heteroatoms. The van der Waals surface area contributed by atoms with Crippen molar-refractivity contribution in [1.82, 2.24) is 9.47 Å². The molecule has 0 saturated carbocycles. The number of hydrogen-bond acceptors (Lipinski definition) is 8. The number of benzene rings is 2. The number of carbonyl (C=O) groups excluding carboxylic acids is 3. The molecule has 11 nitrogen and oxygen atoms in total. The van der Waals surface area contributed by atoms with Crippen LogP contribution in [0.3, 0.4) is 0 Å². The van der Waals surface area contributed by atoms with Crippen LogP contribution in [0.25, 0.3) is 10.9 Å². The highest BCUT2D eigenvalue weighted by Crippen LogP contribution is 2.35. The Balaban J connectivity index is 2.03. The maximum Gasteiger partial charge on any atom is 0.427 e. The first-order valence-corrected chi connectivity index (χ1v) is 15.9. The quantitative estimate of drug-likeness (QED) is 0.271. The van der Waals surface area contributed by atoms with E-state index in [9.17, 15) is 36.0 Å². The molecule has 3 aromatic rings. The zero-order valence-corrected chi connectivity index (χ0v) is 28.1. The number of sulfonamides is 1. The van der Waals surface area contributed by atoms with Crippen molar-refractivity contribution in [2.24, 2.45) is 5.14 Å². The van der Waals surface area contributed by atoms with Crippen LogP contribution in [0.15, 0.2) is 51.8 Å². The first-order valence-electron chi connectivity index (χ1n) is 13.5. The molecule has 1 heterocycles. The molecule has 0 aliphatic heterocycles. The fourth-order valence-corrected chi connectivity index (χ4v) is 5.06. The minimum absolute atomic E-state index is 0.0385. The number of amides is 3. The van der Waals surface area contributed by atoms with Crippen LogP contribution in [0.5, 0.6) is 0 Å². The first-order chi connectivity index (χ1) is 21.1. The second-order valence-corrected chi connectivity index (χ2v) is 14.1. The first kappa shape index (κ1) is 36.4. The molecule has 46 heavy (non-hydrogen) atoms. The molecule has 0 spiro atoms. The number of alkyl halides is 3. The van der Waals surface area contributed by atoms with Crippen molar-refractivity contribution in [1.29, 1.82) is 0 Å². The average molecular weight is 730 g/mol. The van der Waals surface area contributed by atoms with Gasteiger partial charge in [-0.3, -0.25) is 9.36 Å². The lowest BCUT2D eigenvalue weighted by atomic mass is 10.1. The summed E-state index contributed by atoms with van der Waals surface area (Å²) in [5.74, 6) is 4.17. The maximum absolute atomic E-state index is 14.9. The summed E-state index contributed by atoms with van der Waals surface area (Å²) in [6.45, 7) is 9.15. The van der Waals surface area contributed by atoms with E-state index in [0.717, 1.165) is 6.07 Å². The highest BCUT2D eigenvalue weighted by atomic mass is 79.9. The molecule has 1 atom stereocenters. The molecule has 3 N–H and O–H groups in total. The van der Waals surface area contributed by atoms with Gasteiger partial charge in [-0.25, -0.2) is 36.3 Å². The van der Waals surface area contributed by atoms with Crippen LogP contribution < -0.4 is 10.5 Å². The standard InChI is InChI=1S/C30H32BrF3N4O7S/c1-29(2,3)44-27(40)38(28(41)45-30(4,5)6)26(39)20-13-14-22-21(23(20)31)16-18(37(22)25(34)24(32)33)8-7-15-36-17-9-11-19(12-10-17)46(35,42)43/h9-14,16,24-25,36H,15H2,1-6H3,(H2,35,42,43). The highest BCUT2D eigenvalue weighted by molar-refractivity contribution is 9.10. The number of aromatic nitrogens is 1. The van der Waals surface area contributed by atoms with Crippen LogP contribution in [0, 0.1) is 11.8 Å². The SMILES string of the molecule is CC(C)(C)OC(=O)N(C(=O)OC(C)(C)C)C(=O)c1ccc2c(cc(C#CCNc3ccc(S(N)(=O)=O)cc3)n2C(F)C(F)F)c1Br. The summed E-state index contributed by atoms with van der Waals surface area (Å²) in [6, 6.07) is 9.03. The smallest absolute Gasteiger partial charge is 0.427 e. The van der Waals surface area contributed by atoms with E-state index in [1.165, 1.54) is 77.9 Å². The van der Waals surface area contributed by atoms with Crippen molar-refractivity contribution in [3.8, 4) is 11.8 Å². The third-order valence-corrected chi connectivity index (χ3v) is 7.56. The largest absolute Gasteiger partial charge is 0.443 e. The van der Waals surface area contributed by atoms with Crippen LogP contribution in [-0.2, 0) is 19.5 Å². The Kier molecular flexibility index (Phi) is 10.9. The minimum Gasteiger partial charge on any atom is -0.443 e. The van der Waals surface area contributed by atoms with Gasteiger partial charge in [0.2, 0.25) is 16.3 Å². The Morgan fingerprint density at radius 3 is 2.00 bits per heavy atom. The van der Waals surface area contributed by atoms with Gasteiger partial charge in [0, 0.05) is 15.5 Å². The summed E-state index contributed by atoms with van der Waals surface area (Å²) >= 11 is 3.25. The number of hydrogen-bond donors (Lipinski definition) is 2. The number of nitrogens with two attached hydrogens (primary N) is 1. The Morgan fingerprint density at radius 2 is 1.52 bits per heavy atom. The lowest BCUT2D eigenvalue weighted by Gasteiger charge is -2.27. The van der Waals surface area contributed by atoms with E-state index in [4.69, 9.17) is 14.6 Å². The van der Waals surface area contributed by atoms with E-state index in [1.807, 2.05) is 0 Å². The second kappa shape index (κ2) is 13.7. The van der Waals surface area contributed by atoms with Crippen molar-refractivity contribution in [2.75, 3.05) is 11.9 Å². The second-order valence-electron chi connectivity index (χ2n) is 11.8. The molecule has 2 aromatic carbocycles. The summed E-state index contributed by atoms with van der Waals surface area (Å²) in [6.07, 6.45) is -8.86. The van der Waals surface area contributed by atoms with Crippen LogP contribution in [-0.4, -0.2) is 60.2 Å². The summed E-state index contributed by atoms with van der Waals surface area (Å²) in [7, 11) is -3.88. The molecule has 0 fully saturated rings. The molecule has 248 valence electrons. The zero-order valence-electron chi connectivity index (χ0n) is 25.7. The van der Waals surface area contributed by atoms with Gasteiger partial charge in [-0.15, -0.1) is 4.90 Å². The summed E-state index contributed by atoms with van der Waals surface area (Å²) in [5, 5.41) is 8.06. The van der Waals surface area contributed by atoms with Gasteiger partial charge in [0.15, 0.2) is 0 Å². The maximum atomic E-state index is 14.9. The van der Waals surface area contributed by atoms with Gasteiger partial charge in [-0.2, -0.15) is 0 Å². The fourth-order valence-electron chi connectivity index (χ4n) is 3.93. The summed E-state index contributed by atoms with van der Waals surface area (Å²) in [5.41, 5.74) is -2.18. The van der Waals surface area contributed by atoms with Gasteiger partial charge in [0.1, 0.15) is 11.2 Å². The van der Waals surface area contributed by atoms with Gasteiger partial charge in [0.05, 0.1) is 28.2 Å². The van der Waals surface area contributed by atoms with E-state index >= 15 is 0 Å². The number of nitrogens with zero attached hydrogens (tertiary/aromatic N) is 2. The van der Waals surface area contributed by atoms with Crippen molar-refractivity contribution in [3.63, 3.8) is 0 Å². The molecule has 3 rings (SSSR count). The molecule has 1 unspecified atom stereocenters. The van der Waals surface area contributed by atoms with Gasteiger partial charge in [0.25, 0.3) is 12.3 Å². The topological polar surface area (TPSA) is 150 Å². The van der Waals surface area contributed by atoms with E-state index in [1.54, 1.807) is 0 Å². The number of imide groups is 3. The monoisotopic (exact) mass is 728 g/mol. The van der Waals surface area contributed by atoms with Crippen molar-refractivity contribution >= 4 is 60.6 Å². The van der Waals surface area contributed by atoms with Crippen LogP contribution in [0.2, 0.25) is 0 Å². The molecular weight excluding hydrogens is 697 g/mol. The Morgan fingerprint density at radius 1 is 0.978 bits per heavy atom. The predicted molar refractivity (Wildman–Crippen MR) is 168 cm³/mol. The number of rotatable bonds is 6. The molecular formula is C30H32BrF3N4O7S. The lowest BCUT2D eigenvalue weighted by Crippen LogP contribution is -2.47. The van der Waals surface area contributed by atoms with Crippen LogP contribution >= 0.6 is 15.9 Å². The zero-order chi connectivity index (χ0) is 34.8. The van der Waals surface area contributed by atoms with E-state index < -0.39 is 52.0 Å². The number of halogens is 4. The van der Waals surface area contributed by atoms with Crippen molar-refractivity contribution < 1.29 is 45.4 Å². The molecule has 1 aromatic heterocycles. The highest BCUT2D eigenvalue weighted by Gasteiger charge is 2.38. The molecule has 0 radical (unpaired) electrons. The minimum atomic E-state index is -3.88. The van der Waals surface area contributed by atoms with Crippen molar-refractivity contribution in [2.45, 2.75) is 70.4 Å². The van der Waals surface area contributed by atoms with E-state index in [2.05, 4.69) is 33.1 Å². The number of nitrogens with one attached hydrogen (secondary N) is 1. The van der Waals surface area contributed by atoms with Gasteiger partial charge in [-0.1, -0.05) is 5.92 Å². The van der Waals surface area contributed by atoms with E-state index in [0.29, 0.717) is 10.3 Å². The Labute approximate surface area is 272 Å². The number of ether oxygens (including phenoxy) is 2. The summed E-state index contributed by atoms with van der Waals surface area (Å²) in [4.78, 5) is 39.7. The van der Waals surface area contributed by atoms with Crippen LogP contribution in [0.1, 0.15) is 63.9 Å².